The van der Waals surface area contributed by atoms with E-state index in [2.05, 4.69) is 41.5 Å². The molecule has 1 heterocycles. The lowest BCUT2D eigenvalue weighted by molar-refractivity contribution is -0.158. The van der Waals surface area contributed by atoms with Gasteiger partial charge in [-0.25, -0.2) is 0 Å². The molecule has 0 N–H and O–H groups in total. The summed E-state index contributed by atoms with van der Waals surface area (Å²) in [6.07, 6.45) is 2.93. The fourth-order valence-electron chi connectivity index (χ4n) is 3.37. The van der Waals surface area contributed by atoms with Gasteiger partial charge in [0.15, 0.2) is 0 Å². The van der Waals surface area contributed by atoms with Crippen LogP contribution < -0.4 is 0 Å². The van der Waals surface area contributed by atoms with Crippen LogP contribution in [-0.4, -0.2) is 26.3 Å². The van der Waals surface area contributed by atoms with Crippen molar-refractivity contribution in [3.05, 3.63) is 0 Å². The van der Waals surface area contributed by atoms with Gasteiger partial charge >= 0.3 is 5.97 Å². The van der Waals surface area contributed by atoms with Crippen molar-refractivity contribution < 1.29 is 14.3 Å². The SMILES string of the molecule is CCC(C)(C)CC1COCC1(CC(C)(C)C)C(=O)OC. The van der Waals surface area contributed by atoms with Crippen molar-refractivity contribution in [1.29, 1.82) is 0 Å². The van der Waals surface area contributed by atoms with Gasteiger partial charge in [-0.3, -0.25) is 4.79 Å². The van der Waals surface area contributed by atoms with E-state index in [0.717, 1.165) is 19.3 Å². The lowest BCUT2D eigenvalue weighted by Crippen LogP contribution is -2.43. The van der Waals surface area contributed by atoms with Gasteiger partial charge in [-0.15, -0.1) is 0 Å². The molecule has 3 nitrogen and oxygen atoms in total. The normalized spacial score (nSPS) is 27.6. The van der Waals surface area contributed by atoms with E-state index < -0.39 is 5.41 Å². The average molecular weight is 284 g/mol. The minimum Gasteiger partial charge on any atom is -0.469 e. The molecule has 1 aliphatic heterocycles. The number of methoxy groups -OCH3 is 1. The zero-order chi connectivity index (χ0) is 15.6. The molecule has 0 spiro atoms. The van der Waals surface area contributed by atoms with Gasteiger partial charge < -0.3 is 9.47 Å². The predicted octanol–water partition coefficient (Wildman–Crippen LogP) is 4.05. The molecule has 0 aliphatic carbocycles. The van der Waals surface area contributed by atoms with E-state index in [9.17, 15) is 4.79 Å². The highest BCUT2D eigenvalue weighted by Gasteiger charge is 2.53. The molecule has 0 saturated carbocycles. The monoisotopic (exact) mass is 284 g/mol. The van der Waals surface area contributed by atoms with Crippen molar-refractivity contribution in [2.75, 3.05) is 20.3 Å². The maximum atomic E-state index is 12.5. The Labute approximate surface area is 124 Å². The smallest absolute Gasteiger partial charge is 0.314 e. The molecule has 0 amide bonds. The number of carbonyl (C=O) groups excluding carboxylic acids is 1. The lowest BCUT2D eigenvalue weighted by atomic mass is 9.64. The van der Waals surface area contributed by atoms with Gasteiger partial charge in [0, 0.05) is 5.92 Å². The molecule has 0 bridgehead atoms. The average Bonchev–Trinajstić information content (AvgIpc) is 2.69. The summed E-state index contributed by atoms with van der Waals surface area (Å²) in [7, 11) is 1.49. The summed E-state index contributed by atoms with van der Waals surface area (Å²) in [4.78, 5) is 12.5. The van der Waals surface area contributed by atoms with Gasteiger partial charge in [0.05, 0.1) is 25.7 Å². The van der Waals surface area contributed by atoms with Crippen LogP contribution in [0.4, 0.5) is 0 Å². The molecule has 3 heteroatoms. The van der Waals surface area contributed by atoms with E-state index in [1.165, 1.54) is 7.11 Å². The first-order valence-corrected chi connectivity index (χ1v) is 7.72. The van der Waals surface area contributed by atoms with Crippen molar-refractivity contribution in [3.8, 4) is 0 Å². The van der Waals surface area contributed by atoms with Gasteiger partial charge in [0.1, 0.15) is 0 Å². The van der Waals surface area contributed by atoms with Crippen LogP contribution in [0.2, 0.25) is 0 Å². The summed E-state index contributed by atoms with van der Waals surface area (Å²) in [6, 6.07) is 0. The Bertz CT molecular complexity index is 341. The molecule has 0 aromatic heterocycles. The fraction of sp³-hybridized carbons (Fsp3) is 0.941. The van der Waals surface area contributed by atoms with Crippen LogP contribution >= 0.6 is 0 Å². The molecule has 20 heavy (non-hydrogen) atoms. The molecule has 1 saturated heterocycles. The van der Waals surface area contributed by atoms with Gasteiger partial charge in [-0.2, -0.15) is 0 Å². The molecular weight excluding hydrogens is 252 g/mol. The standard InChI is InChI=1S/C17H32O3/c1-8-16(5,6)9-13-10-20-12-17(13,14(18)19-7)11-15(2,3)4/h13H,8-12H2,1-7H3. The second-order valence-electron chi connectivity index (χ2n) is 8.32. The van der Waals surface area contributed by atoms with E-state index in [-0.39, 0.29) is 22.7 Å². The quantitative estimate of drug-likeness (QED) is 0.714. The molecule has 118 valence electrons. The van der Waals surface area contributed by atoms with Gasteiger partial charge in [0.25, 0.3) is 0 Å². The van der Waals surface area contributed by atoms with Crippen LogP contribution in [0.15, 0.2) is 0 Å². The van der Waals surface area contributed by atoms with E-state index in [0.29, 0.717) is 13.2 Å². The zero-order valence-corrected chi connectivity index (χ0v) is 14.3. The first-order chi connectivity index (χ1) is 9.06. The second kappa shape index (κ2) is 6.05. The number of esters is 1. The molecule has 2 atom stereocenters. The van der Waals surface area contributed by atoms with Crippen LogP contribution in [-0.2, 0) is 14.3 Å². The third-order valence-electron chi connectivity index (χ3n) is 4.65. The molecule has 1 rings (SSSR count). The van der Waals surface area contributed by atoms with Crippen molar-refractivity contribution in [2.24, 2.45) is 22.2 Å². The van der Waals surface area contributed by atoms with Crippen LogP contribution in [0.1, 0.15) is 60.8 Å². The maximum Gasteiger partial charge on any atom is 0.314 e. The van der Waals surface area contributed by atoms with Crippen LogP contribution in [0, 0.1) is 22.2 Å². The Morgan fingerprint density at radius 2 is 1.90 bits per heavy atom. The van der Waals surface area contributed by atoms with Gasteiger partial charge in [-0.05, 0) is 23.7 Å². The van der Waals surface area contributed by atoms with Crippen molar-refractivity contribution in [1.82, 2.24) is 0 Å². The van der Waals surface area contributed by atoms with Crippen LogP contribution in [0.25, 0.3) is 0 Å². The van der Waals surface area contributed by atoms with Crippen LogP contribution in [0.5, 0.6) is 0 Å². The molecule has 0 aromatic rings. The summed E-state index contributed by atoms with van der Waals surface area (Å²) in [5, 5.41) is 0. The first-order valence-electron chi connectivity index (χ1n) is 7.72. The van der Waals surface area contributed by atoms with E-state index in [1.54, 1.807) is 0 Å². The minimum absolute atomic E-state index is 0.0799. The predicted molar refractivity (Wildman–Crippen MR) is 81.5 cm³/mol. The lowest BCUT2D eigenvalue weighted by Gasteiger charge is -2.39. The number of hydrogen-bond acceptors (Lipinski definition) is 3. The molecule has 1 aliphatic rings. The number of carbonyl (C=O) groups is 1. The zero-order valence-electron chi connectivity index (χ0n) is 14.3. The Balaban J connectivity index is 3.05. The highest BCUT2D eigenvalue weighted by Crippen LogP contribution is 2.49. The summed E-state index contributed by atoms with van der Waals surface area (Å²) in [5.74, 6) is 0.158. The van der Waals surface area contributed by atoms with Crippen LogP contribution in [0.3, 0.4) is 0 Å². The fourth-order valence-corrected chi connectivity index (χ4v) is 3.37. The minimum atomic E-state index is -0.473. The molecule has 0 radical (unpaired) electrons. The summed E-state index contributed by atoms with van der Waals surface area (Å²) in [6.45, 7) is 14.5. The highest BCUT2D eigenvalue weighted by molar-refractivity contribution is 5.77. The third-order valence-corrected chi connectivity index (χ3v) is 4.65. The van der Waals surface area contributed by atoms with Crippen molar-refractivity contribution in [2.45, 2.75) is 60.8 Å². The number of ether oxygens (including phenoxy) is 2. The topological polar surface area (TPSA) is 35.5 Å². The Morgan fingerprint density at radius 3 is 2.35 bits per heavy atom. The van der Waals surface area contributed by atoms with Crippen molar-refractivity contribution in [3.63, 3.8) is 0 Å². The van der Waals surface area contributed by atoms with Gasteiger partial charge in [-0.1, -0.05) is 48.0 Å². The first kappa shape index (κ1) is 17.5. The summed E-state index contributed by atoms with van der Waals surface area (Å²) >= 11 is 0. The summed E-state index contributed by atoms with van der Waals surface area (Å²) in [5.41, 5.74) is -0.161. The maximum absolute atomic E-state index is 12.5. The molecular formula is C17H32O3. The van der Waals surface area contributed by atoms with E-state index in [4.69, 9.17) is 9.47 Å². The summed E-state index contributed by atoms with van der Waals surface area (Å²) < 4.78 is 10.9. The van der Waals surface area contributed by atoms with Gasteiger partial charge in [0.2, 0.25) is 0 Å². The largest absolute Gasteiger partial charge is 0.469 e. The third kappa shape index (κ3) is 3.97. The molecule has 1 fully saturated rings. The van der Waals surface area contributed by atoms with Crippen molar-refractivity contribution >= 4 is 5.97 Å². The van der Waals surface area contributed by atoms with E-state index in [1.807, 2.05) is 0 Å². The Hall–Kier alpha value is -0.570. The Kier molecular flexibility index (Phi) is 5.29. The second-order valence-corrected chi connectivity index (χ2v) is 8.32. The van der Waals surface area contributed by atoms with E-state index >= 15 is 0 Å². The molecule has 2 unspecified atom stereocenters. The number of hydrogen-bond donors (Lipinski definition) is 0. The highest BCUT2D eigenvalue weighted by atomic mass is 16.5. The molecule has 0 aromatic carbocycles. The number of rotatable bonds is 5. The Morgan fingerprint density at radius 1 is 1.30 bits per heavy atom.